The molecule has 2 N–H and O–H groups in total. The van der Waals surface area contributed by atoms with Crippen LogP contribution in [0.4, 0.5) is 10.2 Å². The Labute approximate surface area is 106 Å². The Balaban J connectivity index is 2.00. The molecule has 0 aliphatic carbocycles. The second kappa shape index (κ2) is 5.05. The Bertz CT molecular complexity index is 442. The maximum absolute atomic E-state index is 12.9. The Morgan fingerprint density at radius 2 is 2.47 bits per heavy atom. The highest BCUT2D eigenvalue weighted by molar-refractivity contribution is 9.10. The number of aryl methyl sites for hydroxylation is 1. The molecular formula is C10H12BrFN4O. The lowest BCUT2D eigenvalue weighted by Gasteiger charge is -2.10. The summed E-state index contributed by atoms with van der Waals surface area (Å²) in [7, 11) is 0. The summed E-state index contributed by atoms with van der Waals surface area (Å²) < 4.78 is 13.5. The highest BCUT2D eigenvalue weighted by Gasteiger charge is 2.29. The van der Waals surface area contributed by atoms with Crippen molar-refractivity contribution < 1.29 is 9.18 Å². The first-order valence-electron chi connectivity index (χ1n) is 5.23. The van der Waals surface area contributed by atoms with Gasteiger partial charge in [-0.05, 0) is 22.9 Å². The van der Waals surface area contributed by atoms with Gasteiger partial charge in [0.1, 0.15) is 10.8 Å². The molecule has 1 aliphatic rings. The zero-order valence-electron chi connectivity index (χ0n) is 9.20. The number of carbonyl (C=O) groups excluding carboxylic acids is 1. The molecular weight excluding hydrogens is 291 g/mol. The lowest BCUT2D eigenvalue weighted by atomic mass is 10.2. The van der Waals surface area contributed by atoms with Gasteiger partial charge in [-0.2, -0.15) is 0 Å². The first kappa shape index (κ1) is 12.4. The highest BCUT2D eigenvalue weighted by atomic mass is 79.9. The van der Waals surface area contributed by atoms with Gasteiger partial charge in [-0.3, -0.25) is 9.78 Å². The maximum atomic E-state index is 12.9. The molecule has 0 saturated carbocycles. The molecule has 17 heavy (non-hydrogen) atoms. The SMILES string of the molecule is Cc1ncc(NC(=O)C2CC(F)CN2)nc1Br. The van der Waals surface area contributed by atoms with Crippen molar-refractivity contribution in [3.8, 4) is 0 Å². The molecule has 0 aromatic carbocycles. The van der Waals surface area contributed by atoms with Crippen LogP contribution in [-0.4, -0.2) is 34.6 Å². The van der Waals surface area contributed by atoms with E-state index < -0.39 is 12.2 Å². The number of amides is 1. The number of nitrogens with zero attached hydrogens (tertiary/aromatic N) is 2. The van der Waals surface area contributed by atoms with Crippen molar-refractivity contribution in [3.05, 3.63) is 16.5 Å². The monoisotopic (exact) mass is 302 g/mol. The second-order valence-electron chi connectivity index (χ2n) is 3.91. The molecule has 1 aromatic rings. The topological polar surface area (TPSA) is 66.9 Å². The van der Waals surface area contributed by atoms with E-state index in [2.05, 4.69) is 36.5 Å². The van der Waals surface area contributed by atoms with Gasteiger partial charge in [0.2, 0.25) is 5.91 Å². The Morgan fingerprint density at radius 1 is 1.71 bits per heavy atom. The van der Waals surface area contributed by atoms with Crippen LogP contribution in [0.25, 0.3) is 0 Å². The number of hydrogen-bond donors (Lipinski definition) is 2. The molecule has 0 radical (unpaired) electrons. The van der Waals surface area contributed by atoms with Crippen molar-refractivity contribution in [3.63, 3.8) is 0 Å². The minimum atomic E-state index is -0.957. The van der Waals surface area contributed by atoms with E-state index in [9.17, 15) is 9.18 Å². The Kier molecular flexibility index (Phi) is 3.68. The predicted molar refractivity (Wildman–Crippen MR) is 64.4 cm³/mol. The van der Waals surface area contributed by atoms with E-state index in [0.717, 1.165) is 5.69 Å². The van der Waals surface area contributed by atoms with Crippen molar-refractivity contribution in [2.75, 3.05) is 11.9 Å². The van der Waals surface area contributed by atoms with Crippen LogP contribution in [0.1, 0.15) is 12.1 Å². The van der Waals surface area contributed by atoms with Gasteiger partial charge in [-0.25, -0.2) is 9.37 Å². The molecule has 1 saturated heterocycles. The molecule has 1 amide bonds. The molecule has 2 unspecified atom stereocenters. The third-order valence-corrected chi connectivity index (χ3v) is 3.29. The molecule has 0 bridgehead atoms. The summed E-state index contributed by atoms with van der Waals surface area (Å²) in [6, 6.07) is -0.494. The number of alkyl halides is 1. The summed E-state index contributed by atoms with van der Waals surface area (Å²) in [6.45, 7) is 2.02. The summed E-state index contributed by atoms with van der Waals surface area (Å²) in [5.41, 5.74) is 0.741. The summed E-state index contributed by atoms with van der Waals surface area (Å²) in [6.07, 6.45) is 0.716. The molecule has 7 heteroatoms. The molecule has 0 spiro atoms. The molecule has 2 atom stereocenters. The maximum Gasteiger partial charge on any atom is 0.242 e. The van der Waals surface area contributed by atoms with Gasteiger partial charge in [0.05, 0.1) is 17.9 Å². The Morgan fingerprint density at radius 3 is 3.06 bits per heavy atom. The Hall–Kier alpha value is -1.08. The number of halogens is 2. The van der Waals surface area contributed by atoms with E-state index in [1.165, 1.54) is 6.20 Å². The fraction of sp³-hybridized carbons (Fsp3) is 0.500. The zero-order valence-corrected chi connectivity index (χ0v) is 10.8. The van der Waals surface area contributed by atoms with Gasteiger partial charge in [0, 0.05) is 13.0 Å². The lowest BCUT2D eigenvalue weighted by Crippen LogP contribution is -2.35. The minimum Gasteiger partial charge on any atom is -0.308 e. The molecule has 92 valence electrons. The molecule has 2 heterocycles. The average Bonchev–Trinajstić information content (AvgIpc) is 2.70. The number of rotatable bonds is 2. The van der Waals surface area contributed by atoms with Gasteiger partial charge in [-0.1, -0.05) is 0 Å². The van der Waals surface area contributed by atoms with Gasteiger partial charge >= 0.3 is 0 Å². The van der Waals surface area contributed by atoms with E-state index in [1.807, 2.05) is 0 Å². The van der Waals surface area contributed by atoms with Crippen LogP contribution in [0.2, 0.25) is 0 Å². The summed E-state index contributed by atoms with van der Waals surface area (Å²) in [5, 5.41) is 5.41. The van der Waals surface area contributed by atoms with E-state index in [4.69, 9.17) is 0 Å². The molecule has 1 aliphatic heterocycles. The third kappa shape index (κ3) is 2.98. The normalized spacial score (nSPS) is 23.7. The van der Waals surface area contributed by atoms with Gasteiger partial charge in [-0.15, -0.1) is 0 Å². The fourth-order valence-electron chi connectivity index (χ4n) is 1.59. The predicted octanol–water partition coefficient (Wildman–Crippen LogP) is 1.19. The number of aromatic nitrogens is 2. The smallest absolute Gasteiger partial charge is 0.242 e. The van der Waals surface area contributed by atoms with Gasteiger partial charge < -0.3 is 10.6 Å². The van der Waals surface area contributed by atoms with Crippen molar-refractivity contribution in [1.82, 2.24) is 15.3 Å². The third-order valence-electron chi connectivity index (χ3n) is 2.54. The van der Waals surface area contributed by atoms with Crippen LogP contribution >= 0.6 is 15.9 Å². The van der Waals surface area contributed by atoms with Crippen LogP contribution in [0.3, 0.4) is 0 Å². The minimum absolute atomic E-state index is 0.201. The largest absolute Gasteiger partial charge is 0.308 e. The molecule has 1 fully saturated rings. The first-order chi connectivity index (χ1) is 8.06. The van der Waals surface area contributed by atoms with Crippen LogP contribution in [0, 0.1) is 6.92 Å². The van der Waals surface area contributed by atoms with E-state index in [-0.39, 0.29) is 18.9 Å². The van der Waals surface area contributed by atoms with Crippen molar-refractivity contribution in [2.24, 2.45) is 0 Å². The molecule has 1 aromatic heterocycles. The summed E-state index contributed by atoms with van der Waals surface area (Å²) >= 11 is 3.23. The van der Waals surface area contributed by atoms with Gasteiger partial charge in [0.25, 0.3) is 0 Å². The van der Waals surface area contributed by atoms with Crippen LogP contribution in [-0.2, 0) is 4.79 Å². The number of anilines is 1. The standard InChI is InChI=1S/C10H12BrFN4O/c1-5-9(11)15-8(4-13-5)16-10(17)7-2-6(12)3-14-7/h4,6-7,14H,2-3H2,1H3,(H,15,16,17). The van der Waals surface area contributed by atoms with Crippen LogP contribution in [0.5, 0.6) is 0 Å². The van der Waals surface area contributed by atoms with Crippen molar-refractivity contribution in [1.29, 1.82) is 0 Å². The summed E-state index contributed by atoms with van der Waals surface area (Å²) in [5.74, 6) is 0.0757. The van der Waals surface area contributed by atoms with E-state index >= 15 is 0 Å². The van der Waals surface area contributed by atoms with Gasteiger partial charge in [0.15, 0.2) is 5.82 Å². The zero-order chi connectivity index (χ0) is 12.4. The second-order valence-corrected chi connectivity index (χ2v) is 4.67. The number of nitrogens with one attached hydrogen (secondary N) is 2. The van der Waals surface area contributed by atoms with Crippen LogP contribution in [0.15, 0.2) is 10.8 Å². The van der Waals surface area contributed by atoms with Crippen molar-refractivity contribution in [2.45, 2.75) is 25.6 Å². The van der Waals surface area contributed by atoms with Crippen LogP contribution < -0.4 is 10.6 Å². The highest BCUT2D eigenvalue weighted by Crippen LogP contribution is 2.15. The quantitative estimate of drug-likeness (QED) is 0.861. The average molecular weight is 303 g/mol. The van der Waals surface area contributed by atoms with E-state index in [1.54, 1.807) is 6.92 Å². The number of carbonyl (C=O) groups is 1. The van der Waals surface area contributed by atoms with E-state index in [0.29, 0.717) is 10.4 Å². The molecule has 5 nitrogen and oxygen atoms in total. The molecule has 2 rings (SSSR count). The summed E-state index contributed by atoms with van der Waals surface area (Å²) in [4.78, 5) is 19.9. The lowest BCUT2D eigenvalue weighted by molar-refractivity contribution is -0.117. The van der Waals surface area contributed by atoms with Crippen molar-refractivity contribution >= 4 is 27.7 Å². The number of hydrogen-bond acceptors (Lipinski definition) is 4. The fourth-order valence-corrected chi connectivity index (χ4v) is 1.89. The first-order valence-corrected chi connectivity index (χ1v) is 6.03.